The van der Waals surface area contributed by atoms with E-state index in [0.29, 0.717) is 36.1 Å². The number of hydrogen-bond acceptors (Lipinski definition) is 5. The fourth-order valence-electron chi connectivity index (χ4n) is 5.19. The van der Waals surface area contributed by atoms with Gasteiger partial charge in [0.05, 0.1) is 30.9 Å². The molecule has 1 unspecified atom stereocenters. The fraction of sp³-hybridized carbons (Fsp3) is 0.444. The first kappa shape index (κ1) is 23.2. The van der Waals surface area contributed by atoms with Crippen molar-refractivity contribution in [2.75, 3.05) is 38.8 Å². The summed E-state index contributed by atoms with van der Waals surface area (Å²) in [6, 6.07) is 13.3. The Hall–Kier alpha value is -3.55. The van der Waals surface area contributed by atoms with Gasteiger partial charge in [-0.15, -0.1) is 0 Å². The zero-order chi connectivity index (χ0) is 24.5. The van der Waals surface area contributed by atoms with Crippen LogP contribution in [-0.4, -0.2) is 60.1 Å². The summed E-state index contributed by atoms with van der Waals surface area (Å²) < 4.78 is 12.9. The molecule has 0 saturated carbocycles. The molecule has 1 aromatic heterocycles. The van der Waals surface area contributed by atoms with Crippen molar-refractivity contribution < 1.29 is 19.1 Å². The molecule has 0 bridgehead atoms. The van der Waals surface area contributed by atoms with Crippen LogP contribution in [0.5, 0.6) is 11.5 Å². The maximum absolute atomic E-state index is 13.3. The quantitative estimate of drug-likeness (QED) is 0.540. The van der Waals surface area contributed by atoms with E-state index in [0.717, 1.165) is 42.8 Å². The number of carbonyl (C=O) groups is 2. The van der Waals surface area contributed by atoms with Crippen LogP contribution in [0.2, 0.25) is 0 Å². The van der Waals surface area contributed by atoms with E-state index in [1.807, 2.05) is 51.9 Å². The third kappa shape index (κ3) is 4.45. The van der Waals surface area contributed by atoms with Crippen molar-refractivity contribution in [2.45, 2.75) is 38.6 Å². The molecule has 0 N–H and O–H groups in total. The molecular weight excluding hydrogens is 444 g/mol. The number of ether oxygens (including phenoxy) is 2. The summed E-state index contributed by atoms with van der Waals surface area (Å²) in [4.78, 5) is 35.0. The van der Waals surface area contributed by atoms with Crippen LogP contribution in [-0.2, 0) is 16.1 Å². The van der Waals surface area contributed by atoms with Gasteiger partial charge in [-0.3, -0.25) is 9.59 Å². The van der Waals surface area contributed by atoms with Gasteiger partial charge in [-0.2, -0.15) is 0 Å². The lowest BCUT2D eigenvalue weighted by Gasteiger charge is -2.30. The number of likely N-dealkylation sites (tertiary alicyclic amines) is 1. The lowest BCUT2D eigenvalue weighted by Crippen LogP contribution is -2.40. The molecule has 0 aliphatic carbocycles. The monoisotopic (exact) mass is 476 g/mol. The maximum Gasteiger partial charge on any atom is 0.242 e. The van der Waals surface area contributed by atoms with E-state index >= 15 is 0 Å². The topological polar surface area (TPSA) is 76.9 Å². The number of methoxy groups -OCH3 is 2. The molecule has 2 fully saturated rings. The van der Waals surface area contributed by atoms with Gasteiger partial charge in [0, 0.05) is 38.0 Å². The Bertz CT molecular complexity index is 1250. The lowest BCUT2D eigenvalue weighted by molar-refractivity contribution is -0.133. The number of rotatable bonds is 6. The molecule has 2 amide bonds. The van der Waals surface area contributed by atoms with Crippen LogP contribution in [0.15, 0.2) is 42.5 Å². The Balaban J connectivity index is 1.45. The zero-order valence-corrected chi connectivity index (χ0v) is 20.6. The average molecular weight is 477 g/mol. The number of anilines is 1. The van der Waals surface area contributed by atoms with Gasteiger partial charge in [0.25, 0.3) is 0 Å². The second kappa shape index (κ2) is 9.60. The summed E-state index contributed by atoms with van der Waals surface area (Å²) in [5.74, 6) is 2.68. The molecule has 3 heterocycles. The second-order valence-electron chi connectivity index (χ2n) is 9.55. The molecule has 35 heavy (non-hydrogen) atoms. The molecule has 3 aromatic rings. The third-order valence-electron chi connectivity index (χ3n) is 7.28. The lowest BCUT2D eigenvalue weighted by atomic mass is 9.99. The van der Waals surface area contributed by atoms with Gasteiger partial charge in [-0.25, -0.2) is 4.98 Å². The highest BCUT2D eigenvalue weighted by Gasteiger charge is 2.36. The number of hydrogen-bond donors (Lipinski definition) is 0. The fourth-order valence-corrected chi connectivity index (χ4v) is 5.19. The molecular formula is C27H32N4O4. The highest BCUT2D eigenvalue weighted by Crippen LogP contribution is 2.39. The summed E-state index contributed by atoms with van der Waals surface area (Å²) in [7, 11) is 3.19. The average Bonchev–Trinajstić information content (AvgIpc) is 3.44. The Morgan fingerprint density at radius 3 is 2.60 bits per heavy atom. The van der Waals surface area contributed by atoms with Crippen LogP contribution in [0.4, 0.5) is 5.69 Å². The van der Waals surface area contributed by atoms with Crippen LogP contribution in [0.1, 0.15) is 37.9 Å². The second-order valence-corrected chi connectivity index (χ2v) is 9.55. The summed E-state index contributed by atoms with van der Waals surface area (Å²) in [6.07, 6.45) is 2.40. The van der Waals surface area contributed by atoms with Gasteiger partial charge >= 0.3 is 0 Å². The Morgan fingerprint density at radius 1 is 1.09 bits per heavy atom. The number of carbonyl (C=O) groups excluding carboxylic acids is 2. The highest BCUT2D eigenvalue weighted by molar-refractivity contribution is 5.98. The minimum absolute atomic E-state index is 0.00324. The number of piperidine rings is 1. The largest absolute Gasteiger partial charge is 0.497 e. The summed E-state index contributed by atoms with van der Waals surface area (Å²) in [5.41, 5.74) is 2.44. The molecule has 1 atom stereocenters. The molecule has 8 heteroatoms. The smallest absolute Gasteiger partial charge is 0.242 e. The third-order valence-corrected chi connectivity index (χ3v) is 7.28. The minimum Gasteiger partial charge on any atom is -0.497 e. The number of amides is 2. The van der Waals surface area contributed by atoms with Crippen LogP contribution in [0, 0.1) is 5.92 Å². The van der Waals surface area contributed by atoms with E-state index < -0.39 is 0 Å². The standard InChI is InChI=1S/C27H32N4O4/c1-18-10-12-29(13-11-18)26(33)17-31-22-7-5-4-6-21(22)28-27(31)19-14-25(32)30(16-19)23-15-20(34-2)8-9-24(23)35-3/h4-9,15,18-19H,10-14,16-17H2,1-3H3. The van der Waals surface area contributed by atoms with E-state index in [1.165, 1.54) is 0 Å². The van der Waals surface area contributed by atoms with Crippen LogP contribution < -0.4 is 14.4 Å². The number of imidazole rings is 1. The van der Waals surface area contributed by atoms with E-state index in [1.54, 1.807) is 19.1 Å². The van der Waals surface area contributed by atoms with Crippen molar-refractivity contribution in [1.29, 1.82) is 0 Å². The van der Waals surface area contributed by atoms with Crippen molar-refractivity contribution in [3.63, 3.8) is 0 Å². The van der Waals surface area contributed by atoms with Gasteiger partial charge < -0.3 is 23.8 Å². The molecule has 8 nitrogen and oxygen atoms in total. The SMILES string of the molecule is COc1ccc(OC)c(N2CC(c3nc4ccccc4n3CC(=O)N3CCC(C)CC3)CC2=O)c1. The Labute approximate surface area is 205 Å². The summed E-state index contributed by atoms with van der Waals surface area (Å²) in [6.45, 7) is 4.53. The number of benzene rings is 2. The number of para-hydroxylation sites is 2. The first-order chi connectivity index (χ1) is 17.0. The number of aromatic nitrogens is 2. The van der Waals surface area contributed by atoms with Crippen LogP contribution in [0.3, 0.4) is 0 Å². The molecule has 184 valence electrons. The van der Waals surface area contributed by atoms with E-state index in [2.05, 4.69) is 6.92 Å². The van der Waals surface area contributed by atoms with Crippen molar-refractivity contribution in [2.24, 2.45) is 5.92 Å². The molecule has 2 aliphatic rings. The van der Waals surface area contributed by atoms with Crippen molar-refractivity contribution in [1.82, 2.24) is 14.5 Å². The van der Waals surface area contributed by atoms with Gasteiger partial charge in [-0.1, -0.05) is 19.1 Å². The van der Waals surface area contributed by atoms with E-state index in [9.17, 15) is 9.59 Å². The number of fused-ring (bicyclic) bond motifs is 1. The molecule has 2 aromatic carbocycles. The van der Waals surface area contributed by atoms with Crippen molar-refractivity contribution in [3.8, 4) is 11.5 Å². The summed E-state index contributed by atoms with van der Waals surface area (Å²) in [5, 5.41) is 0. The first-order valence-corrected chi connectivity index (χ1v) is 12.2. The van der Waals surface area contributed by atoms with Gasteiger partial charge in [0.1, 0.15) is 23.9 Å². The van der Waals surface area contributed by atoms with Gasteiger partial charge in [0.15, 0.2) is 0 Å². The minimum atomic E-state index is -0.139. The van der Waals surface area contributed by atoms with Gasteiger partial charge in [0.2, 0.25) is 11.8 Å². The van der Waals surface area contributed by atoms with Crippen LogP contribution in [0.25, 0.3) is 11.0 Å². The first-order valence-electron chi connectivity index (χ1n) is 12.2. The molecule has 5 rings (SSSR count). The van der Waals surface area contributed by atoms with E-state index in [-0.39, 0.29) is 24.3 Å². The molecule has 0 spiro atoms. The normalized spacial score (nSPS) is 18.9. The Morgan fingerprint density at radius 2 is 1.86 bits per heavy atom. The predicted octanol–water partition coefficient (Wildman–Crippen LogP) is 3.83. The van der Waals surface area contributed by atoms with Crippen molar-refractivity contribution >= 4 is 28.5 Å². The highest BCUT2D eigenvalue weighted by atomic mass is 16.5. The predicted molar refractivity (Wildman–Crippen MR) is 134 cm³/mol. The van der Waals surface area contributed by atoms with Crippen molar-refractivity contribution in [3.05, 3.63) is 48.3 Å². The zero-order valence-electron chi connectivity index (χ0n) is 20.6. The maximum atomic E-state index is 13.3. The molecule has 2 saturated heterocycles. The Kier molecular flexibility index (Phi) is 6.36. The van der Waals surface area contributed by atoms with Crippen LogP contribution >= 0.6 is 0 Å². The van der Waals surface area contributed by atoms with E-state index in [4.69, 9.17) is 14.5 Å². The number of nitrogens with zero attached hydrogens (tertiary/aromatic N) is 4. The molecule has 0 radical (unpaired) electrons. The molecule has 2 aliphatic heterocycles. The van der Waals surface area contributed by atoms with Gasteiger partial charge in [-0.05, 0) is 43.0 Å². The summed E-state index contributed by atoms with van der Waals surface area (Å²) >= 11 is 0.